The van der Waals surface area contributed by atoms with Gasteiger partial charge in [0.05, 0.1) is 16.7 Å². The van der Waals surface area contributed by atoms with E-state index in [2.05, 4.69) is 39.6 Å². The van der Waals surface area contributed by atoms with Crippen LogP contribution < -0.4 is 5.32 Å². The zero-order valence-corrected chi connectivity index (χ0v) is 15.4. The van der Waals surface area contributed by atoms with Gasteiger partial charge >= 0.3 is 6.03 Å². The van der Waals surface area contributed by atoms with Crippen LogP contribution in [0.25, 0.3) is 21.8 Å². The van der Waals surface area contributed by atoms with Gasteiger partial charge in [0.15, 0.2) is 0 Å². The van der Waals surface area contributed by atoms with Crippen LogP contribution in [0.15, 0.2) is 73.1 Å². The summed E-state index contributed by atoms with van der Waals surface area (Å²) in [6.45, 7) is 1.48. The molecule has 0 unspecified atom stereocenters. The van der Waals surface area contributed by atoms with Crippen molar-refractivity contribution in [3.63, 3.8) is 0 Å². The highest BCUT2D eigenvalue weighted by Crippen LogP contribution is 2.31. The number of carbonyl (C=O) groups is 1. The molecule has 5 nitrogen and oxygen atoms in total. The summed E-state index contributed by atoms with van der Waals surface area (Å²) in [7, 11) is 0. The second kappa shape index (κ2) is 6.93. The molecule has 1 saturated heterocycles. The minimum Gasteiger partial charge on any atom is -0.324 e. The Bertz CT molecular complexity index is 1160. The summed E-state index contributed by atoms with van der Waals surface area (Å²) in [4.78, 5) is 23.8. The van der Waals surface area contributed by atoms with E-state index >= 15 is 0 Å². The van der Waals surface area contributed by atoms with E-state index in [0.29, 0.717) is 11.6 Å². The predicted octanol–water partition coefficient (Wildman–Crippen LogP) is 4.80. The van der Waals surface area contributed by atoms with E-state index in [1.165, 1.54) is 5.56 Å². The molecule has 2 aromatic carbocycles. The summed E-state index contributed by atoms with van der Waals surface area (Å²) in [5.41, 5.74) is 3.63. The summed E-state index contributed by atoms with van der Waals surface area (Å²) in [5.74, 6) is 0.389. The lowest BCUT2D eigenvalue weighted by Crippen LogP contribution is -2.32. The SMILES string of the molecule is O=C(Nc1cc2ncccc2c2cccnc12)N1CC[C@@H](c2ccccc2)C1. The van der Waals surface area contributed by atoms with E-state index in [0.717, 1.165) is 41.3 Å². The third kappa shape index (κ3) is 2.95. The highest BCUT2D eigenvalue weighted by Gasteiger charge is 2.27. The van der Waals surface area contributed by atoms with Crippen LogP contribution in [0, 0.1) is 0 Å². The number of likely N-dealkylation sites (tertiary alicyclic amines) is 1. The first kappa shape index (κ1) is 16.7. The molecule has 5 heteroatoms. The topological polar surface area (TPSA) is 58.1 Å². The van der Waals surface area contributed by atoms with Gasteiger partial charge in [-0.1, -0.05) is 42.5 Å². The summed E-state index contributed by atoms with van der Waals surface area (Å²) >= 11 is 0. The fourth-order valence-corrected chi connectivity index (χ4v) is 4.03. The molecule has 4 aromatic rings. The molecule has 1 N–H and O–H groups in total. The number of carbonyl (C=O) groups excluding carboxylic acids is 1. The summed E-state index contributed by atoms with van der Waals surface area (Å²) < 4.78 is 0. The summed E-state index contributed by atoms with van der Waals surface area (Å²) in [6, 6.07) is 20.1. The van der Waals surface area contributed by atoms with Gasteiger partial charge in [0.1, 0.15) is 0 Å². The molecule has 2 aromatic heterocycles. The number of hydrogen-bond acceptors (Lipinski definition) is 3. The van der Waals surface area contributed by atoms with E-state index in [-0.39, 0.29) is 6.03 Å². The molecule has 3 heterocycles. The molecule has 1 atom stereocenters. The van der Waals surface area contributed by atoms with Gasteiger partial charge in [-0.15, -0.1) is 0 Å². The summed E-state index contributed by atoms with van der Waals surface area (Å²) in [6.07, 6.45) is 4.50. The van der Waals surface area contributed by atoms with Gasteiger partial charge in [-0.25, -0.2) is 4.79 Å². The van der Waals surface area contributed by atoms with E-state index < -0.39 is 0 Å². The van der Waals surface area contributed by atoms with E-state index in [4.69, 9.17) is 0 Å². The Labute approximate surface area is 163 Å². The quantitative estimate of drug-likeness (QED) is 0.517. The van der Waals surface area contributed by atoms with Crippen LogP contribution in [0.2, 0.25) is 0 Å². The normalized spacial score (nSPS) is 16.6. The first-order chi connectivity index (χ1) is 13.8. The molecule has 28 heavy (non-hydrogen) atoms. The predicted molar refractivity (Wildman–Crippen MR) is 111 cm³/mol. The highest BCUT2D eigenvalue weighted by molar-refractivity contribution is 6.12. The highest BCUT2D eigenvalue weighted by atomic mass is 16.2. The zero-order chi connectivity index (χ0) is 18.9. The Morgan fingerprint density at radius 3 is 2.61 bits per heavy atom. The van der Waals surface area contributed by atoms with Gasteiger partial charge in [-0.05, 0) is 30.2 Å². The minimum atomic E-state index is -0.0827. The van der Waals surface area contributed by atoms with Gasteiger partial charge in [-0.3, -0.25) is 9.97 Å². The number of rotatable bonds is 2. The molecular formula is C23H20N4O. The van der Waals surface area contributed by atoms with Crippen molar-refractivity contribution in [2.45, 2.75) is 12.3 Å². The van der Waals surface area contributed by atoms with Crippen molar-refractivity contribution in [1.29, 1.82) is 0 Å². The maximum absolute atomic E-state index is 12.9. The van der Waals surface area contributed by atoms with Gasteiger partial charge < -0.3 is 10.2 Å². The number of pyridine rings is 2. The van der Waals surface area contributed by atoms with Crippen LogP contribution in [0.1, 0.15) is 17.9 Å². The molecule has 0 bridgehead atoms. The molecule has 1 aliphatic rings. The smallest absolute Gasteiger partial charge is 0.321 e. The second-order valence-corrected chi connectivity index (χ2v) is 7.17. The van der Waals surface area contributed by atoms with Crippen molar-refractivity contribution in [2.75, 3.05) is 18.4 Å². The fraction of sp³-hybridized carbons (Fsp3) is 0.174. The average Bonchev–Trinajstić information content (AvgIpc) is 3.25. The molecule has 0 spiro atoms. The minimum absolute atomic E-state index is 0.0827. The molecule has 5 rings (SSSR count). The Hall–Kier alpha value is -3.47. The first-order valence-corrected chi connectivity index (χ1v) is 9.53. The third-order valence-electron chi connectivity index (χ3n) is 5.46. The van der Waals surface area contributed by atoms with Crippen LogP contribution in [-0.4, -0.2) is 34.0 Å². The van der Waals surface area contributed by atoms with E-state index in [9.17, 15) is 4.79 Å². The first-order valence-electron chi connectivity index (χ1n) is 9.53. The standard InChI is InChI=1S/C23H20N4O/c28-23(27-13-10-17(15-27)16-6-2-1-3-7-16)26-21-14-20-18(8-4-11-24-20)19-9-5-12-25-22(19)21/h1-9,11-12,14,17H,10,13,15H2,(H,26,28)/t17-/m1/s1. The lowest BCUT2D eigenvalue weighted by atomic mass is 9.99. The molecule has 1 aliphatic heterocycles. The van der Waals surface area contributed by atoms with Gasteiger partial charge in [-0.2, -0.15) is 0 Å². The van der Waals surface area contributed by atoms with Crippen LogP contribution in [-0.2, 0) is 0 Å². The van der Waals surface area contributed by atoms with Crippen molar-refractivity contribution in [3.05, 3.63) is 78.6 Å². The molecule has 0 radical (unpaired) electrons. The number of hydrogen-bond donors (Lipinski definition) is 1. The van der Waals surface area contributed by atoms with E-state index in [1.807, 2.05) is 41.3 Å². The maximum Gasteiger partial charge on any atom is 0.321 e. The Kier molecular flexibility index (Phi) is 4.13. The second-order valence-electron chi connectivity index (χ2n) is 7.17. The van der Waals surface area contributed by atoms with Gasteiger partial charge in [0.2, 0.25) is 0 Å². The summed E-state index contributed by atoms with van der Waals surface area (Å²) in [5, 5.41) is 5.10. The number of aromatic nitrogens is 2. The van der Waals surface area contributed by atoms with Crippen molar-refractivity contribution in [3.8, 4) is 0 Å². The van der Waals surface area contributed by atoms with Crippen LogP contribution in [0.3, 0.4) is 0 Å². The largest absolute Gasteiger partial charge is 0.324 e. The number of nitrogens with zero attached hydrogens (tertiary/aromatic N) is 3. The molecule has 2 amide bonds. The van der Waals surface area contributed by atoms with Crippen molar-refractivity contribution >= 4 is 33.5 Å². The van der Waals surface area contributed by atoms with E-state index in [1.54, 1.807) is 12.4 Å². The number of benzene rings is 2. The zero-order valence-electron chi connectivity index (χ0n) is 15.4. The van der Waals surface area contributed by atoms with Gasteiger partial charge in [0, 0.05) is 42.2 Å². The Morgan fingerprint density at radius 1 is 0.964 bits per heavy atom. The Morgan fingerprint density at radius 2 is 1.75 bits per heavy atom. The van der Waals surface area contributed by atoms with Crippen LogP contribution >= 0.6 is 0 Å². The maximum atomic E-state index is 12.9. The lowest BCUT2D eigenvalue weighted by molar-refractivity contribution is 0.222. The molecule has 138 valence electrons. The van der Waals surface area contributed by atoms with Crippen molar-refractivity contribution < 1.29 is 4.79 Å². The Balaban J connectivity index is 1.43. The lowest BCUT2D eigenvalue weighted by Gasteiger charge is -2.18. The van der Waals surface area contributed by atoms with Crippen LogP contribution in [0.5, 0.6) is 0 Å². The number of nitrogens with one attached hydrogen (secondary N) is 1. The number of urea groups is 1. The molecule has 0 aliphatic carbocycles. The fourth-order valence-electron chi connectivity index (χ4n) is 4.03. The number of fused-ring (bicyclic) bond motifs is 3. The molecule has 0 saturated carbocycles. The monoisotopic (exact) mass is 368 g/mol. The average molecular weight is 368 g/mol. The van der Waals surface area contributed by atoms with Crippen molar-refractivity contribution in [2.24, 2.45) is 0 Å². The number of amides is 2. The van der Waals surface area contributed by atoms with Crippen molar-refractivity contribution in [1.82, 2.24) is 14.9 Å². The van der Waals surface area contributed by atoms with Gasteiger partial charge in [0.25, 0.3) is 0 Å². The third-order valence-corrected chi connectivity index (χ3v) is 5.46. The number of anilines is 1. The molecule has 1 fully saturated rings. The van der Waals surface area contributed by atoms with Crippen LogP contribution in [0.4, 0.5) is 10.5 Å². The molecular weight excluding hydrogens is 348 g/mol.